The summed E-state index contributed by atoms with van der Waals surface area (Å²) in [4.78, 5) is 3.92. The van der Waals surface area contributed by atoms with Gasteiger partial charge in [-0.25, -0.2) is 0 Å². The third-order valence-corrected chi connectivity index (χ3v) is 1.94. The van der Waals surface area contributed by atoms with E-state index in [1.54, 1.807) is 12.4 Å². The molecule has 1 atom stereocenters. The maximum atomic E-state index is 8.76. The second kappa shape index (κ2) is 9.21. The number of pyridine rings is 1. The maximum Gasteiger partial charge on any atom is 0.0437 e. The van der Waals surface area contributed by atoms with E-state index < -0.39 is 0 Å². The molecule has 0 radical (unpaired) electrons. The predicted octanol–water partition coefficient (Wildman–Crippen LogP) is 1.35. The van der Waals surface area contributed by atoms with E-state index in [0.717, 1.165) is 12.0 Å². The molecule has 0 fully saturated rings. The van der Waals surface area contributed by atoms with Gasteiger partial charge in [0.15, 0.2) is 0 Å². The molecule has 0 saturated carbocycles. The fourth-order valence-corrected chi connectivity index (χ4v) is 1.21. The van der Waals surface area contributed by atoms with Crippen LogP contribution < -0.4 is 5.73 Å². The Bertz CT molecular complexity index is 221. The van der Waals surface area contributed by atoms with E-state index >= 15 is 0 Å². The van der Waals surface area contributed by atoms with Crippen LogP contribution in [0.2, 0.25) is 0 Å². The van der Waals surface area contributed by atoms with Crippen molar-refractivity contribution in [3.8, 4) is 0 Å². The van der Waals surface area contributed by atoms with Crippen molar-refractivity contribution in [2.45, 2.75) is 12.3 Å². The number of hydrogen-bond acceptors (Lipinski definition) is 3. The lowest BCUT2D eigenvalue weighted by molar-refractivity contribution is 0.276. The normalized spacial score (nSPS) is 11.0. The Kier molecular flexibility index (Phi) is 10.6. The van der Waals surface area contributed by atoms with E-state index in [9.17, 15) is 0 Å². The van der Waals surface area contributed by atoms with Crippen molar-refractivity contribution in [2.24, 2.45) is 5.73 Å². The first kappa shape index (κ1) is 16.1. The lowest BCUT2D eigenvalue weighted by Crippen LogP contribution is -2.13. The third-order valence-electron chi connectivity index (χ3n) is 1.94. The minimum absolute atomic E-state index is 0. The Labute approximate surface area is 96.6 Å². The van der Waals surface area contributed by atoms with Crippen molar-refractivity contribution in [1.29, 1.82) is 0 Å². The number of halogens is 2. The van der Waals surface area contributed by atoms with Crippen LogP contribution in [0.15, 0.2) is 24.5 Å². The van der Waals surface area contributed by atoms with E-state index in [-0.39, 0.29) is 37.3 Å². The molecule has 0 spiro atoms. The molecule has 1 heterocycles. The lowest BCUT2D eigenvalue weighted by atomic mass is 9.97. The van der Waals surface area contributed by atoms with Crippen molar-refractivity contribution >= 4 is 24.8 Å². The molecule has 1 unspecified atom stereocenters. The lowest BCUT2D eigenvalue weighted by Gasteiger charge is -2.12. The van der Waals surface area contributed by atoms with Gasteiger partial charge in [0, 0.05) is 19.0 Å². The molecular weight excluding hydrogens is 223 g/mol. The van der Waals surface area contributed by atoms with Gasteiger partial charge in [-0.3, -0.25) is 4.98 Å². The Morgan fingerprint density at radius 3 is 2.29 bits per heavy atom. The van der Waals surface area contributed by atoms with Gasteiger partial charge in [-0.05, 0) is 36.6 Å². The topological polar surface area (TPSA) is 59.1 Å². The van der Waals surface area contributed by atoms with Crippen LogP contribution in [0.1, 0.15) is 17.9 Å². The minimum Gasteiger partial charge on any atom is -0.396 e. The van der Waals surface area contributed by atoms with Crippen LogP contribution in [0.3, 0.4) is 0 Å². The van der Waals surface area contributed by atoms with E-state index in [1.807, 2.05) is 12.1 Å². The van der Waals surface area contributed by atoms with Crippen LogP contribution in [0.25, 0.3) is 0 Å². The van der Waals surface area contributed by atoms with Crippen LogP contribution in [0.4, 0.5) is 0 Å². The van der Waals surface area contributed by atoms with Gasteiger partial charge in [-0.15, -0.1) is 24.8 Å². The van der Waals surface area contributed by atoms with E-state index in [0.29, 0.717) is 6.54 Å². The molecule has 0 aromatic carbocycles. The second-order valence-corrected chi connectivity index (χ2v) is 2.73. The molecule has 3 N–H and O–H groups in total. The molecule has 1 aromatic rings. The van der Waals surface area contributed by atoms with Gasteiger partial charge in [0.25, 0.3) is 0 Å². The Balaban J connectivity index is 0. The minimum atomic E-state index is 0. The highest BCUT2D eigenvalue weighted by atomic mass is 35.5. The molecule has 5 heteroatoms. The van der Waals surface area contributed by atoms with Crippen LogP contribution in [0, 0.1) is 0 Å². The fraction of sp³-hybridized carbons (Fsp3) is 0.444. The molecule has 0 aliphatic carbocycles. The molecule has 0 bridgehead atoms. The number of nitrogens with two attached hydrogens (primary N) is 1. The first-order valence-electron chi connectivity index (χ1n) is 4.09. The molecule has 0 aliphatic rings. The van der Waals surface area contributed by atoms with Crippen molar-refractivity contribution in [3.05, 3.63) is 30.1 Å². The van der Waals surface area contributed by atoms with Gasteiger partial charge in [0.1, 0.15) is 0 Å². The molecule has 1 aromatic heterocycles. The van der Waals surface area contributed by atoms with Gasteiger partial charge in [-0.1, -0.05) is 0 Å². The highest BCUT2D eigenvalue weighted by Crippen LogP contribution is 2.16. The smallest absolute Gasteiger partial charge is 0.0437 e. The van der Waals surface area contributed by atoms with Crippen molar-refractivity contribution in [1.82, 2.24) is 4.98 Å². The van der Waals surface area contributed by atoms with E-state index in [4.69, 9.17) is 10.8 Å². The van der Waals surface area contributed by atoms with Gasteiger partial charge < -0.3 is 10.8 Å². The maximum absolute atomic E-state index is 8.76. The summed E-state index contributed by atoms with van der Waals surface area (Å²) in [5.74, 6) is 0.262. The summed E-state index contributed by atoms with van der Waals surface area (Å²) in [7, 11) is 0. The van der Waals surface area contributed by atoms with Crippen LogP contribution >= 0.6 is 24.8 Å². The van der Waals surface area contributed by atoms with Crippen molar-refractivity contribution in [2.75, 3.05) is 13.2 Å². The summed E-state index contributed by atoms with van der Waals surface area (Å²) in [6.07, 6.45) is 4.21. The van der Waals surface area contributed by atoms with Gasteiger partial charge in [0.2, 0.25) is 0 Å². The number of rotatable bonds is 4. The standard InChI is InChI=1S/C9H14N2O.2ClH/c10-7-9(3-6-12)8-1-4-11-5-2-8;;/h1-2,4-5,9,12H,3,6-7,10H2;2*1H. The SMILES string of the molecule is Cl.Cl.NCC(CCO)c1ccncc1. The molecule has 0 saturated heterocycles. The summed E-state index contributed by atoms with van der Waals surface area (Å²) in [5, 5.41) is 8.76. The zero-order valence-corrected chi connectivity index (χ0v) is 9.43. The molecule has 14 heavy (non-hydrogen) atoms. The number of hydrogen-bond donors (Lipinski definition) is 2. The highest BCUT2D eigenvalue weighted by Gasteiger charge is 2.07. The highest BCUT2D eigenvalue weighted by molar-refractivity contribution is 5.85. The second-order valence-electron chi connectivity index (χ2n) is 2.73. The number of aliphatic hydroxyl groups is 1. The average molecular weight is 239 g/mol. The quantitative estimate of drug-likeness (QED) is 0.833. The van der Waals surface area contributed by atoms with Gasteiger partial charge in [-0.2, -0.15) is 0 Å². The Morgan fingerprint density at radius 2 is 1.86 bits per heavy atom. The number of nitrogens with zero attached hydrogens (tertiary/aromatic N) is 1. The predicted molar refractivity (Wildman–Crippen MR) is 62.2 cm³/mol. The first-order valence-corrected chi connectivity index (χ1v) is 4.09. The van der Waals surface area contributed by atoms with Crippen LogP contribution in [0.5, 0.6) is 0 Å². The zero-order valence-electron chi connectivity index (χ0n) is 7.80. The van der Waals surface area contributed by atoms with Crippen LogP contribution in [-0.4, -0.2) is 23.2 Å². The third kappa shape index (κ3) is 4.77. The zero-order chi connectivity index (χ0) is 8.81. The molecule has 3 nitrogen and oxygen atoms in total. The fourth-order valence-electron chi connectivity index (χ4n) is 1.21. The summed E-state index contributed by atoms with van der Waals surface area (Å²) in [5.41, 5.74) is 6.71. The van der Waals surface area contributed by atoms with Crippen LogP contribution in [-0.2, 0) is 0 Å². The number of aromatic nitrogens is 1. The summed E-state index contributed by atoms with van der Waals surface area (Å²) >= 11 is 0. The van der Waals surface area contributed by atoms with Gasteiger partial charge in [0.05, 0.1) is 0 Å². The largest absolute Gasteiger partial charge is 0.396 e. The van der Waals surface area contributed by atoms with E-state index in [2.05, 4.69) is 4.98 Å². The monoisotopic (exact) mass is 238 g/mol. The molecule has 82 valence electrons. The Morgan fingerprint density at radius 1 is 1.29 bits per heavy atom. The molecule has 0 aliphatic heterocycles. The molecule has 0 amide bonds. The van der Waals surface area contributed by atoms with Crippen molar-refractivity contribution < 1.29 is 5.11 Å². The van der Waals surface area contributed by atoms with Gasteiger partial charge >= 0.3 is 0 Å². The average Bonchev–Trinajstić information content (AvgIpc) is 2.15. The Hall–Kier alpha value is -0.350. The summed E-state index contributed by atoms with van der Waals surface area (Å²) in [6, 6.07) is 3.88. The summed E-state index contributed by atoms with van der Waals surface area (Å²) in [6.45, 7) is 0.759. The summed E-state index contributed by atoms with van der Waals surface area (Å²) < 4.78 is 0. The first-order chi connectivity index (χ1) is 5.88. The van der Waals surface area contributed by atoms with E-state index in [1.165, 1.54) is 0 Å². The molecule has 1 rings (SSSR count). The molecular formula is C9H16Cl2N2O. The number of aliphatic hydroxyl groups excluding tert-OH is 1. The van der Waals surface area contributed by atoms with Crippen molar-refractivity contribution in [3.63, 3.8) is 0 Å².